The van der Waals surface area contributed by atoms with Crippen LogP contribution in [0.1, 0.15) is 16.7 Å². The first kappa shape index (κ1) is 24.6. The molecule has 0 N–H and O–H groups in total. The Kier molecular flexibility index (Phi) is 6.84. The third-order valence-corrected chi connectivity index (χ3v) is 5.79. The molecule has 0 saturated heterocycles. The second-order valence-corrected chi connectivity index (χ2v) is 8.52. The van der Waals surface area contributed by atoms with Gasteiger partial charge in [-0.2, -0.15) is 0 Å². The number of cyclic esters (lactones) is 1. The average Bonchev–Trinajstić information content (AvgIpc) is 3.20. The van der Waals surface area contributed by atoms with Crippen LogP contribution in [0.5, 0.6) is 17.2 Å². The minimum Gasteiger partial charge on any atom is -0.493 e. The Morgan fingerprint density at radius 2 is 1.69 bits per heavy atom. The summed E-state index contributed by atoms with van der Waals surface area (Å²) < 4.78 is 16.9. The highest BCUT2D eigenvalue weighted by Gasteiger charge is 2.25. The summed E-state index contributed by atoms with van der Waals surface area (Å²) in [7, 11) is 1.38. The molecular formula is C25H17BrN2O8. The van der Waals surface area contributed by atoms with Gasteiger partial charge in [-0.25, -0.2) is 4.79 Å². The molecule has 1 aliphatic rings. The number of carbonyl (C=O) groups excluding carboxylic acids is 1. The van der Waals surface area contributed by atoms with Crippen molar-refractivity contribution in [2.24, 2.45) is 0 Å². The molecule has 0 saturated carbocycles. The van der Waals surface area contributed by atoms with Crippen LogP contribution in [0.4, 0.5) is 11.4 Å². The van der Waals surface area contributed by atoms with Crippen molar-refractivity contribution < 1.29 is 28.9 Å². The summed E-state index contributed by atoms with van der Waals surface area (Å²) in [6.07, 6.45) is 3.24. The van der Waals surface area contributed by atoms with Gasteiger partial charge in [0.25, 0.3) is 5.69 Å². The second-order valence-electron chi connectivity index (χ2n) is 7.67. The molecule has 1 heterocycles. The standard InChI is InChI=1S/C25H17BrN2O8/c1-14-3-5-16(6-4-14)22-12-17(25(29)36-22)9-15-10-19(26)24(23(11-15)34-2)35-21-8-7-18(27(30)31)13-20(21)28(32)33/h3-13H,1-2H3/b17-9+. The van der Waals surface area contributed by atoms with Gasteiger partial charge in [-0.05, 0) is 58.8 Å². The first-order valence-corrected chi connectivity index (χ1v) is 11.2. The minimum atomic E-state index is -0.773. The van der Waals surface area contributed by atoms with E-state index in [1.807, 2.05) is 31.2 Å². The second kappa shape index (κ2) is 10.0. The fourth-order valence-corrected chi connectivity index (χ4v) is 3.95. The van der Waals surface area contributed by atoms with Gasteiger partial charge in [-0.15, -0.1) is 0 Å². The highest BCUT2D eigenvalue weighted by Crippen LogP contribution is 2.43. The van der Waals surface area contributed by atoms with Gasteiger partial charge in [0.15, 0.2) is 11.5 Å². The van der Waals surface area contributed by atoms with Gasteiger partial charge in [0.2, 0.25) is 5.75 Å². The number of hydrogen-bond acceptors (Lipinski definition) is 8. The topological polar surface area (TPSA) is 131 Å². The monoisotopic (exact) mass is 552 g/mol. The summed E-state index contributed by atoms with van der Waals surface area (Å²) in [4.78, 5) is 33.4. The van der Waals surface area contributed by atoms with Crippen molar-refractivity contribution in [3.63, 3.8) is 0 Å². The zero-order valence-electron chi connectivity index (χ0n) is 18.9. The SMILES string of the molecule is COc1cc(/C=C2\C=C(c3ccc(C)cc3)OC2=O)cc(Br)c1Oc1ccc([N+](=O)[O-])cc1[N+](=O)[O-]. The van der Waals surface area contributed by atoms with Crippen molar-refractivity contribution in [1.82, 2.24) is 0 Å². The van der Waals surface area contributed by atoms with E-state index in [2.05, 4.69) is 15.9 Å². The molecule has 0 aliphatic carbocycles. The van der Waals surface area contributed by atoms with Crippen LogP contribution < -0.4 is 9.47 Å². The van der Waals surface area contributed by atoms with Crippen molar-refractivity contribution in [1.29, 1.82) is 0 Å². The van der Waals surface area contributed by atoms with E-state index in [0.29, 0.717) is 21.4 Å². The van der Waals surface area contributed by atoms with E-state index in [1.165, 1.54) is 7.11 Å². The molecule has 182 valence electrons. The van der Waals surface area contributed by atoms with E-state index in [-0.39, 0.29) is 17.2 Å². The summed E-state index contributed by atoms with van der Waals surface area (Å²) >= 11 is 3.37. The van der Waals surface area contributed by atoms with Gasteiger partial charge >= 0.3 is 11.7 Å². The molecule has 11 heteroatoms. The largest absolute Gasteiger partial charge is 0.493 e. The number of rotatable bonds is 7. The summed E-state index contributed by atoms with van der Waals surface area (Å²) in [6, 6.07) is 13.8. The van der Waals surface area contributed by atoms with Crippen LogP contribution in [0.15, 0.2) is 70.7 Å². The first-order valence-electron chi connectivity index (χ1n) is 10.4. The maximum Gasteiger partial charge on any atom is 0.343 e. The number of methoxy groups -OCH3 is 1. The maximum absolute atomic E-state index is 12.4. The van der Waals surface area contributed by atoms with Gasteiger partial charge in [-0.1, -0.05) is 29.8 Å². The Labute approximate surface area is 212 Å². The Balaban J connectivity index is 1.68. The molecule has 0 unspecified atom stereocenters. The lowest BCUT2D eigenvalue weighted by atomic mass is 10.1. The minimum absolute atomic E-state index is 0.112. The van der Waals surface area contributed by atoms with E-state index in [4.69, 9.17) is 14.2 Å². The molecule has 1 aliphatic heterocycles. The fourth-order valence-electron chi connectivity index (χ4n) is 3.41. The lowest BCUT2D eigenvalue weighted by Gasteiger charge is -2.13. The van der Waals surface area contributed by atoms with E-state index in [9.17, 15) is 25.0 Å². The zero-order chi connectivity index (χ0) is 26.0. The highest BCUT2D eigenvalue weighted by molar-refractivity contribution is 9.10. The van der Waals surface area contributed by atoms with Crippen LogP contribution in [-0.4, -0.2) is 22.9 Å². The molecule has 0 spiro atoms. The predicted molar refractivity (Wildman–Crippen MR) is 134 cm³/mol. The fraction of sp³-hybridized carbons (Fsp3) is 0.0800. The van der Waals surface area contributed by atoms with E-state index < -0.39 is 27.2 Å². The number of nitrogens with zero attached hydrogens (tertiary/aromatic N) is 2. The van der Waals surface area contributed by atoms with Gasteiger partial charge < -0.3 is 14.2 Å². The summed E-state index contributed by atoms with van der Waals surface area (Å²) in [6.45, 7) is 1.96. The molecule has 0 aromatic heterocycles. The number of non-ortho nitro benzene ring substituents is 1. The molecule has 10 nitrogen and oxygen atoms in total. The van der Waals surface area contributed by atoms with Crippen LogP contribution >= 0.6 is 15.9 Å². The number of halogens is 1. The Morgan fingerprint density at radius 3 is 2.33 bits per heavy atom. The van der Waals surface area contributed by atoms with Gasteiger partial charge in [0, 0.05) is 11.6 Å². The third-order valence-electron chi connectivity index (χ3n) is 5.20. The molecule has 0 radical (unpaired) electrons. The van der Waals surface area contributed by atoms with Crippen LogP contribution in [0.3, 0.4) is 0 Å². The van der Waals surface area contributed by atoms with Gasteiger partial charge in [0.05, 0.1) is 33.1 Å². The number of carbonyl (C=O) groups is 1. The molecule has 0 bridgehead atoms. The molecule has 4 rings (SSSR count). The summed E-state index contributed by atoms with van der Waals surface area (Å²) in [5.41, 5.74) is 1.72. The van der Waals surface area contributed by atoms with E-state index in [0.717, 1.165) is 29.3 Å². The molecule has 3 aromatic rings. The van der Waals surface area contributed by atoms with E-state index in [1.54, 1.807) is 24.3 Å². The number of esters is 1. The summed E-state index contributed by atoms with van der Waals surface area (Å²) in [5.74, 6) is 0.0328. The molecule has 0 fully saturated rings. The van der Waals surface area contributed by atoms with Crippen molar-refractivity contribution in [3.05, 3.63) is 108 Å². The number of benzene rings is 3. The number of nitro benzene ring substituents is 2. The lowest BCUT2D eigenvalue weighted by molar-refractivity contribution is -0.394. The zero-order valence-corrected chi connectivity index (χ0v) is 20.5. The van der Waals surface area contributed by atoms with Crippen LogP contribution in [0.2, 0.25) is 0 Å². The van der Waals surface area contributed by atoms with Gasteiger partial charge in [-0.3, -0.25) is 20.2 Å². The molecular weight excluding hydrogens is 536 g/mol. The number of nitro groups is 2. The first-order chi connectivity index (χ1) is 17.2. The number of ether oxygens (including phenoxy) is 3. The highest BCUT2D eigenvalue weighted by atomic mass is 79.9. The number of aryl methyl sites for hydroxylation is 1. The Bertz CT molecular complexity index is 1460. The smallest absolute Gasteiger partial charge is 0.343 e. The third kappa shape index (κ3) is 5.10. The quantitative estimate of drug-likeness (QED) is 0.143. The Hall–Kier alpha value is -4.51. The van der Waals surface area contributed by atoms with Gasteiger partial charge in [0.1, 0.15) is 5.76 Å². The van der Waals surface area contributed by atoms with Crippen molar-refractivity contribution in [3.8, 4) is 17.2 Å². The van der Waals surface area contributed by atoms with E-state index >= 15 is 0 Å². The lowest BCUT2D eigenvalue weighted by Crippen LogP contribution is -1.99. The van der Waals surface area contributed by atoms with Crippen LogP contribution in [0.25, 0.3) is 11.8 Å². The molecule has 0 atom stereocenters. The van der Waals surface area contributed by atoms with Crippen molar-refractivity contribution >= 4 is 45.1 Å². The normalized spacial score (nSPS) is 13.8. The predicted octanol–water partition coefficient (Wildman–Crippen LogP) is 6.36. The maximum atomic E-state index is 12.4. The van der Waals surface area contributed by atoms with Crippen molar-refractivity contribution in [2.45, 2.75) is 6.92 Å². The summed E-state index contributed by atoms with van der Waals surface area (Å²) in [5, 5.41) is 22.4. The number of hydrogen-bond donors (Lipinski definition) is 0. The Morgan fingerprint density at radius 1 is 0.972 bits per heavy atom. The van der Waals surface area contributed by atoms with Crippen molar-refractivity contribution in [2.75, 3.05) is 7.11 Å². The molecule has 3 aromatic carbocycles. The van der Waals surface area contributed by atoms with Crippen LogP contribution in [0, 0.1) is 27.2 Å². The van der Waals surface area contributed by atoms with Crippen LogP contribution in [-0.2, 0) is 9.53 Å². The molecule has 0 amide bonds. The average molecular weight is 553 g/mol. The molecule has 36 heavy (non-hydrogen) atoms.